The molecule has 0 aliphatic heterocycles. The Bertz CT molecular complexity index is 333. The van der Waals surface area contributed by atoms with Gasteiger partial charge in [0.2, 0.25) is 0 Å². The summed E-state index contributed by atoms with van der Waals surface area (Å²) < 4.78 is 11.1. The summed E-state index contributed by atoms with van der Waals surface area (Å²) >= 11 is 0. The van der Waals surface area contributed by atoms with Crippen molar-refractivity contribution in [3.63, 3.8) is 0 Å². The summed E-state index contributed by atoms with van der Waals surface area (Å²) in [5.41, 5.74) is 1.26. The van der Waals surface area contributed by atoms with Crippen molar-refractivity contribution in [3.8, 4) is 5.75 Å². The fourth-order valence-electron chi connectivity index (χ4n) is 2.24. The summed E-state index contributed by atoms with van der Waals surface area (Å²) in [4.78, 5) is 0. The van der Waals surface area contributed by atoms with E-state index >= 15 is 0 Å². The Morgan fingerprint density at radius 2 is 1.79 bits per heavy atom. The molecular weight excluding hydrogens is 238 g/mol. The SMILES string of the molecule is CCCNC(c1ccc(OCC)cc1)C(CC)OC. The molecule has 0 aliphatic carbocycles. The molecular formula is C16H27NO2. The largest absolute Gasteiger partial charge is 0.494 e. The highest BCUT2D eigenvalue weighted by Crippen LogP contribution is 2.23. The number of benzene rings is 1. The number of nitrogens with one attached hydrogen (secondary N) is 1. The van der Waals surface area contributed by atoms with Crippen LogP contribution in [0.5, 0.6) is 5.75 Å². The van der Waals surface area contributed by atoms with Crippen LogP contribution in [0.25, 0.3) is 0 Å². The van der Waals surface area contributed by atoms with Crippen molar-refractivity contribution >= 4 is 0 Å². The minimum absolute atomic E-state index is 0.199. The topological polar surface area (TPSA) is 30.5 Å². The summed E-state index contributed by atoms with van der Waals surface area (Å²) in [7, 11) is 1.78. The van der Waals surface area contributed by atoms with E-state index in [1.54, 1.807) is 7.11 Å². The van der Waals surface area contributed by atoms with Gasteiger partial charge in [-0.2, -0.15) is 0 Å². The van der Waals surface area contributed by atoms with E-state index in [4.69, 9.17) is 9.47 Å². The lowest BCUT2D eigenvalue weighted by Crippen LogP contribution is -2.33. The second kappa shape index (κ2) is 8.94. The van der Waals surface area contributed by atoms with E-state index in [-0.39, 0.29) is 12.1 Å². The number of rotatable bonds is 9. The lowest BCUT2D eigenvalue weighted by atomic mass is 9.99. The van der Waals surface area contributed by atoms with Crippen LogP contribution in [0, 0.1) is 0 Å². The Morgan fingerprint density at radius 3 is 2.26 bits per heavy atom. The first-order chi connectivity index (χ1) is 9.26. The van der Waals surface area contributed by atoms with E-state index in [2.05, 4.69) is 31.3 Å². The zero-order valence-corrected chi connectivity index (χ0v) is 12.6. The van der Waals surface area contributed by atoms with Crippen molar-refractivity contribution in [1.29, 1.82) is 0 Å². The third kappa shape index (κ3) is 4.84. The van der Waals surface area contributed by atoms with Gasteiger partial charge in [-0.25, -0.2) is 0 Å². The lowest BCUT2D eigenvalue weighted by Gasteiger charge is -2.26. The molecule has 0 radical (unpaired) electrons. The molecule has 2 unspecified atom stereocenters. The van der Waals surface area contributed by atoms with Crippen LogP contribution >= 0.6 is 0 Å². The van der Waals surface area contributed by atoms with Crippen LogP contribution in [-0.2, 0) is 4.74 Å². The predicted molar refractivity (Wildman–Crippen MR) is 79.7 cm³/mol. The highest BCUT2D eigenvalue weighted by molar-refractivity contribution is 5.29. The molecule has 108 valence electrons. The molecule has 0 heterocycles. The first-order valence-electron chi connectivity index (χ1n) is 7.25. The van der Waals surface area contributed by atoms with Crippen molar-refractivity contribution in [1.82, 2.24) is 5.32 Å². The average molecular weight is 265 g/mol. The van der Waals surface area contributed by atoms with Crippen LogP contribution in [0.15, 0.2) is 24.3 Å². The summed E-state index contributed by atoms with van der Waals surface area (Å²) in [5.74, 6) is 0.922. The van der Waals surface area contributed by atoms with Crippen molar-refractivity contribution < 1.29 is 9.47 Å². The van der Waals surface area contributed by atoms with Gasteiger partial charge in [0, 0.05) is 7.11 Å². The van der Waals surface area contributed by atoms with Gasteiger partial charge in [0.05, 0.1) is 18.8 Å². The maximum atomic E-state index is 5.60. The summed E-state index contributed by atoms with van der Waals surface area (Å²) in [6, 6.07) is 8.55. The molecule has 0 saturated heterocycles. The Balaban J connectivity index is 2.83. The first-order valence-corrected chi connectivity index (χ1v) is 7.25. The van der Waals surface area contributed by atoms with Crippen LogP contribution < -0.4 is 10.1 Å². The molecule has 0 spiro atoms. The monoisotopic (exact) mass is 265 g/mol. The van der Waals surface area contributed by atoms with Crippen molar-refractivity contribution in [2.24, 2.45) is 0 Å². The van der Waals surface area contributed by atoms with Crippen molar-refractivity contribution in [2.75, 3.05) is 20.3 Å². The molecule has 1 aromatic rings. The van der Waals surface area contributed by atoms with Crippen LogP contribution in [0.4, 0.5) is 0 Å². The average Bonchev–Trinajstić information content (AvgIpc) is 2.45. The maximum Gasteiger partial charge on any atom is 0.119 e. The van der Waals surface area contributed by atoms with Crippen LogP contribution in [0.2, 0.25) is 0 Å². The van der Waals surface area contributed by atoms with Gasteiger partial charge in [0.15, 0.2) is 0 Å². The van der Waals surface area contributed by atoms with Crippen molar-refractivity contribution in [3.05, 3.63) is 29.8 Å². The number of hydrogen-bond acceptors (Lipinski definition) is 3. The Morgan fingerprint density at radius 1 is 1.11 bits per heavy atom. The third-order valence-corrected chi connectivity index (χ3v) is 3.24. The Hall–Kier alpha value is -1.06. The van der Waals surface area contributed by atoms with Crippen molar-refractivity contribution in [2.45, 2.75) is 45.8 Å². The second-order valence-electron chi connectivity index (χ2n) is 4.62. The number of methoxy groups -OCH3 is 1. The van der Waals surface area contributed by atoms with E-state index in [1.165, 1.54) is 5.56 Å². The van der Waals surface area contributed by atoms with E-state index in [0.717, 1.165) is 25.1 Å². The molecule has 0 bridgehead atoms. The highest BCUT2D eigenvalue weighted by atomic mass is 16.5. The Kier molecular flexibility index (Phi) is 7.53. The van der Waals surface area contributed by atoms with Crippen LogP contribution in [-0.4, -0.2) is 26.4 Å². The first kappa shape index (κ1) is 16.0. The minimum atomic E-state index is 0.199. The van der Waals surface area contributed by atoms with Gasteiger partial charge in [0.25, 0.3) is 0 Å². The van der Waals surface area contributed by atoms with E-state index < -0.39 is 0 Å². The number of ether oxygens (including phenoxy) is 2. The number of hydrogen-bond donors (Lipinski definition) is 1. The molecule has 1 rings (SSSR count). The molecule has 3 nitrogen and oxygen atoms in total. The highest BCUT2D eigenvalue weighted by Gasteiger charge is 2.20. The fraction of sp³-hybridized carbons (Fsp3) is 0.625. The van der Waals surface area contributed by atoms with Gasteiger partial charge in [-0.3, -0.25) is 0 Å². The molecule has 1 N–H and O–H groups in total. The van der Waals surface area contributed by atoms with Gasteiger partial charge in [-0.1, -0.05) is 26.0 Å². The molecule has 2 atom stereocenters. The quantitative estimate of drug-likeness (QED) is 0.740. The minimum Gasteiger partial charge on any atom is -0.494 e. The van der Waals surface area contributed by atoms with Gasteiger partial charge in [0.1, 0.15) is 5.75 Å². The normalized spacial score (nSPS) is 14.1. The molecule has 19 heavy (non-hydrogen) atoms. The molecule has 0 amide bonds. The molecule has 1 aromatic carbocycles. The predicted octanol–water partition coefficient (Wildman–Crippen LogP) is 3.55. The van der Waals surface area contributed by atoms with Crippen LogP contribution in [0.3, 0.4) is 0 Å². The molecule has 0 saturated carbocycles. The van der Waals surface area contributed by atoms with Gasteiger partial charge >= 0.3 is 0 Å². The summed E-state index contributed by atoms with van der Waals surface area (Å²) in [6.45, 7) is 8.03. The van der Waals surface area contributed by atoms with Gasteiger partial charge in [-0.05, 0) is 44.0 Å². The third-order valence-electron chi connectivity index (χ3n) is 3.24. The fourth-order valence-corrected chi connectivity index (χ4v) is 2.24. The summed E-state index contributed by atoms with van der Waals surface area (Å²) in [5, 5.41) is 3.57. The molecule has 3 heteroatoms. The van der Waals surface area contributed by atoms with Gasteiger partial charge in [-0.15, -0.1) is 0 Å². The van der Waals surface area contributed by atoms with E-state index in [1.807, 2.05) is 19.1 Å². The summed E-state index contributed by atoms with van der Waals surface area (Å²) in [6.07, 6.45) is 2.31. The zero-order chi connectivity index (χ0) is 14.1. The smallest absolute Gasteiger partial charge is 0.119 e. The maximum absolute atomic E-state index is 5.60. The molecule has 0 aliphatic rings. The standard InChI is InChI=1S/C16H27NO2/c1-5-12-17-16(15(6-2)18-4)13-8-10-14(11-9-13)19-7-3/h8-11,15-17H,5-7,12H2,1-4H3. The Labute approximate surface area is 117 Å². The molecule has 0 fully saturated rings. The van der Waals surface area contributed by atoms with E-state index in [9.17, 15) is 0 Å². The second-order valence-corrected chi connectivity index (χ2v) is 4.62. The van der Waals surface area contributed by atoms with Gasteiger partial charge < -0.3 is 14.8 Å². The lowest BCUT2D eigenvalue weighted by molar-refractivity contribution is 0.0650. The van der Waals surface area contributed by atoms with Crippen LogP contribution in [0.1, 0.15) is 45.2 Å². The zero-order valence-electron chi connectivity index (χ0n) is 12.6. The molecule has 0 aromatic heterocycles. The van der Waals surface area contributed by atoms with E-state index in [0.29, 0.717) is 6.61 Å².